The SMILES string of the molecule is CC(C)CC(C(=O)OCC(=O)Nc1ccc(N2CCCC2)cc1)N1C(=O)c2ccccc2C1=O. The van der Waals surface area contributed by atoms with Gasteiger partial charge in [-0.2, -0.15) is 0 Å². The molecule has 1 fully saturated rings. The highest BCUT2D eigenvalue weighted by Crippen LogP contribution is 2.27. The first-order chi connectivity index (χ1) is 16.3. The van der Waals surface area contributed by atoms with E-state index in [2.05, 4.69) is 10.2 Å². The number of hydrogen-bond acceptors (Lipinski definition) is 6. The highest BCUT2D eigenvalue weighted by molar-refractivity contribution is 6.22. The molecule has 8 nitrogen and oxygen atoms in total. The molecule has 2 heterocycles. The summed E-state index contributed by atoms with van der Waals surface area (Å²) in [7, 11) is 0. The fourth-order valence-electron chi connectivity index (χ4n) is 4.41. The van der Waals surface area contributed by atoms with E-state index in [-0.39, 0.29) is 23.5 Å². The van der Waals surface area contributed by atoms with Crippen molar-refractivity contribution in [3.63, 3.8) is 0 Å². The average Bonchev–Trinajstić information content (AvgIpc) is 3.44. The summed E-state index contributed by atoms with van der Waals surface area (Å²) < 4.78 is 5.25. The van der Waals surface area contributed by atoms with Gasteiger partial charge in [0.25, 0.3) is 17.7 Å². The van der Waals surface area contributed by atoms with Crippen LogP contribution in [0.3, 0.4) is 0 Å². The van der Waals surface area contributed by atoms with Gasteiger partial charge in [-0.3, -0.25) is 19.3 Å². The molecule has 1 atom stereocenters. The van der Waals surface area contributed by atoms with Crippen molar-refractivity contribution in [2.75, 3.05) is 29.9 Å². The second-order valence-electron chi connectivity index (χ2n) is 9.07. The number of imide groups is 1. The van der Waals surface area contributed by atoms with Crippen LogP contribution in [0.5, 0.6) is 0 Å². The van der Waals surface area contributed by atoms with Crippen LogP contribution < -0.4 is 10.2 Å². The fraction of sp³-hybridized carbons (Fsp3) is 0.385. The molecule has 2 aliphatic heterocycles. The van der Waals surface area contributed by atoms with Crippen LogP contribution in [0.1, 0.15) is 53.8 Å². The molecule has 34 heavy (non-hydrogen) atoms. The molecule has 2 aliphatic rings. The van der Waals surface area contributed by atoms with Crippen molar-refractivity contribution < 1.29 is 23.9 Å². The number of nitrogens with one attached hydrogen (secondary N) is 1. The maximum atomic E-state index is 12.9. The lowest BCUT2D eigenvalue weighted by atomic mass is 10.0. The van der Waals surface area contributed by atoms with Crippen molar-refractivity contribution in [1.82, 2.24) is 4.90 Å². The number of ether oxygens (including phenoxy) is 1. The smallest absolute Gasteiger partial charge is 0.329 e. The Labute approximate surface area is 198 Å². The lowest BCUT2D eigenvalue weighted by molar-refractivity contribution is -0.151. The second kappa shape index (κ2) is 10.1. The summed E-state index contributed by atoms with van der Waals surface area (Å²) in [4.78, 5) is 54.2. The van der Waals surface area contributed by atoms with Crippen molar-refractivity contribution in [3.05, 3.63) is 59.7 Å². The van der Waals surface area contributed by atoms with Crippen molar-refractivity contribution in [1.29, 1.82) is 0 Å². The number of hydrogen-bond donors (Lipinski definition) is 1. The summed E-state index contributed by atoms with van der Waals surface area (Å²) in [5.41, 5.74) is 2.25. The van der Waals surface area contributed by atoms with Gasteiger partial charge in [-0.05, 0) is 61.6 Å². The molecule has 2 aromatic carbocycles. The van der Waals surface area contributed by atoms with E-state index in [0.29, 0.717) is 5.69 Å². The second-order valence-corrected chi connectivity index (χ2v) is 9.07. The van der Waals surface area contributed by atoms with Crippen molar-refractivity contribution >= 4 is 35.1 Å². The minimum Gasteiger partial charge on any atom is -0.454 e. The molecule has 0 saturated carbocycles. The van der Waals surface area contributed by atoms with Gasteiger partial charge in [0.15, 0.2) is 6.61 Å². The predicted octanol–water partition coefficient (Wildman–Crippen LogP) is 3.48. The Morgan fingerprint density at radius 2 is 1.53 bits per heavy atom. The first-order valence-corrected chi connectivity index (χ1v) is 11.6. The fourth-order valence-corrected chi connectivity index (χ4v) is 4.41. The Kier molecular flexibility index (Phi) is 6.95. The zero-order valence-electron chi connectivity index (χ0n) is 19.5. The zero-order chi connectivity index (χ0) is 24.2. The van der Waals surface area contributed by atoms with Gasteiger partial charge < -0.3 is 15.0 Å². The first kappa shape index (κ1) is 23.5. The maximum Gasteiger partial charge on any atom is 0.329 e. The lowest BCUT2D eigenvalue weighted by Crippen LogP contribution is -2.46. The van der Waals surface area contributed by atoms with E-state index < -0.39 is 36.3 Å². The molecule has 1 unspecified atom stereocenters. The molecule has 0 spiro atoms. The highest BCUT2D eigenvalue weighted by Gasteiger charge is 2.43. The highest BCUT2D eigenvalue weighted by atomic mass is 16.5. The number of nitrogens with zero attached hydrogens (tertiary/aromatic N) is 2. The van der Waals surface area contributed by atoms with Crippen LogP contribution in [0.4, 0.5) is 11.4 Å². The van der Waals surface area contributed by atoms with E-state index in [1.165, 1.54) is 12.8 Å². The third-order valence-corrected chi connectivity index (χ3v) is 6.07. The van der Waals surface area contributed by atoms with Gasteiger partial charge in [-0.1, -0.05) is 26.0 Å². The van der Waals surface area contributed by atoms with Gasteiger partial charge in [0.1, 0.15) is 6.04 Å². The summed E-state index contributed by atoms with van der Waals surface area (Å²) >= 11 is 0. The van der Waals surface area contributed by atoms with Crippen LogP contribution in [-0.4, -0.2) is 54.3 Å². The number of carbonyl (C=O) groups excluding carboxylic acids is 4. The molecular weight excluding hydrogens is 434 g/mol. The van der Waals surface area contributed by atoms with Gasteiger partial charge in [-0.25, -0.2) is 4.79 Å². The average molecular weight is 464 g/mol. The monoisotopic (exact) mass is 463 g/mol. The Bertz CT molecular complexity index is 1050. The van der Waals surface area contributed by atoms with Crippen LogP contribution in [0.25, 0.3) is 0 Å². The molecule has 4 rings (SSSR count). The minimum atomic E-state index is -1.10. The molecule has 0 aromatic heterocycles. The standard InChI is InChI=1S/C26H29N3O5/c1-17(2)15-22(29-24(31)20-7-3-4-8-21(20)25(29)32)26(33)34-16-23(30)27-18-9-11-19(12-10-18)28-13-5-6-14-28/h3-4,7-12,17,22H,5-6,13-16H2,1-2H3,(H,27,30). The molecule has 1 N–H and O–H groups in total. The molecule has 0 bridgehead atoms. The Morgan fingerprint density at radius 1 is 0.941 bits per heavy atom. The number of rotatable bonds is 8. The largest absolute Gasteiger partial charge is 0.454 e. The Morgan fingerprint density at radius 3 is 2.09 bits per heavy atom. The molecule has 178 valence electrons. The molecule has 8 heteroatoms. The topological polar surface area (TPSA) is 96.0 Å². The third-order valence-electron chi connectivity index (χ3n) is 6.07. The van der Waals surface area contributed by atoms with Crippen molar-refractivity contribution in [2.45, 2.75) is 39.2 Å². The number of fused-ring (bicyclic) bond motifs is 1. The molecule has 3 amide bonds. The summed E-state index contributed by atoms with van der Waals surface area (Å²) in [5.74, 6) is -2.29. The van der Waals surface area contributed by atoms with Gasteiger partial charge in [0.2, 0.25) is 0 Å². The lowest BCUT2D eigenvalue weighted by Gasteiger charge is -2.25. The summed E-state index contributed by atoms with van der Waals surface area (Å²) in [5, 5.41) is 2.71. The van der Waals surface area contributed by atoms with E-state index >= 15 is 0 Å². The molecular formula is C26H29N3O5. The van der Waals surface area contributed by atoms with E-state index in [4.69, 9.17) is 4.74 Å². The van der Waals surface area contributed by atoms with Gasteiger partial charge in [0.05, 0.1) is 11.1 Å². The zero-order valence-corrected chi connectivity index (χ0v) is 19.5. The van der Waals surface area contributed by atoms with Crippen LogP contribution in [0, 0.1) is 5.92 Å². The summed E-state index contributed by atoms with van der Waals surface area (Å²) in [6, 6.07) is 12.9. The normalized spacial score (nSPS) is 16.1. The Hall–Kier alpha value is -3.68. The number of amides is 3. The van der Waals surface area contributed by atoms with Crippen LogP contribution in [0.15, 0.2) is 48.5 Å². The number of esters is 1. The first-order valence-electron chi connectivity index (χ1n) is 11.6. The van der Waals surface area contributed by atoms with Crippen LogP contribution in [0.2, 0.25) is 0 Å². The van der Waals surface area contributed by atoms with Crippen molar-refractivity contribution in [2.24, 2.45) is 5.92 Å². The maximum absolute atomic E-state index is 12.9. The summed E-state index contributed by atoms with van der Waals surface area (Å²) in [6.45, 7) is 5.33. The molecule has 1 saturated heterocycles. The van der Waals surface area contributed by atoms with Crippen molar-refractivity contribution in [3.8, 4) is 0 Å². The molecule has 0 radical (unpaired) electrons. The van der Waals surface area contributed by atoms with E-state index in [1.807, 2.05) is 38.1 Å². The summed E-state index contributed by atoms with van der Waals surface area (Å²) in [6.07, 6.45) is 2.61. The molecule has 2 aromatic rings. The van der Waals surface area contributed by atoms with E-state index in [0.717, 1.165) is 23.7 Å². The van der Waals surface area contributed by atoms with Gasteiger partial charge >= 0.3 is 5.97 Å². The van der Waals surface area contributed by atoms with E-state index in [1.54, 1.807) is 24.3 Å². The van der Waals surface area contributed by atoms with Crippen LogP contribution in [-0.2, 0) is 14.3 Å². The quantitative estimate of drug-likeness (QED) is 0.476. The van der Waals surface area contributed by atoms with E-state index in [9.17, 15) is 19.2 Å². The number of carbonyl (C=O) groups is 4. The van der Waals surface area contributed by atoms with Crippen LogP contribution >= 0.6 is 0 Å². The van der Waals surface area contributed by atoms with Gasteiger partial charge in [0, 0.05) is 24.5 Å². The number of anilines is 2. The minimum absolute atomic E-state index is 0.0183. The third kappa shape index (κ3) is 4.95. The Balaban J connectivity index is 1.37. The predicted molar refractivity (Wildman–Crippen MR) is 128 cm³/mol. The van der Waals surface area contributed by atoms with Gasteiger partial charge in [-0.15, -0.1) is 0 Å². The number of benzene rings is 2. The molecule has 0 aliphatic carbocycles.